The summed E-state index contributed by atoms with van der Waals surface area (Å²) in [6, 6.07) is 9.41. The Morgan fingerprint density at radius 1 is 1.20 bits per heavy atom. The van der Waals surface area contributed by atoms with Crippen molar-refractivity contribution in [1.82, 2.24) is 4.98 Å². The fraction of sp³-hybridized carbons (Fsp3) is 0.0714. The largest absolute Gasteiger partial charge is 0.478 e. The summed E-state index contributed by atoms with van der Waals surface area (Å²) in [6.07, 6.45) is 0. The van der Waals surface area contributed by atoms with Gasteiger partial charge in [-0.3, -0.25) is 4.79 Å². The summed E-state index contributed by atoms with van der Waals surface area (Å²) in [5.74, 6) is -1.62. The first-order chi connectivity index (χ1) is 9.49. The van der Waals surface area contributed by atoms with Gasteiger partial charge >= 0.3 is 5.97 Å². The monoisotopic (exact) mass is 290 g/mol. The number of carboxylic acids is 1. The van der Waals surface area contributed by atoms with Crippen molar-refractivity contribution in [2.24, 2.45) is 0 Å². The molecular weight excluding hydrogens is 280 g/mol. The van der Waals surface area contributed by atoms with Crippen LogP contribution in [0.3, 0.4) is 0 Å². The number of nitrogens with zero attached hydrogens (tertiary/aromatic N) is 1. The fourth-order valence-electron chi connectivity index (χ4n) is 1.72. The number of amides is 1. The Morgan fingerprint density at radius 2 is 1.90 bits per heavy atom. The first-order valence-electron chi connectivity index (χ1n) is 5.76. The van der Waals surface area contributed by atoms with E-state index in [2.05, 4.69) is 10.3 Å². The number of carbonyl (C=O) groups is 2. The highest BCUT2D eigenvalue weighted by Crippen LogP contribution is 2.21. The fourth-order valence-corrected chi connectivity index (χ4v) is 1.89. The Hall–Kier alpha value is -2.40. The standard InChI is InChI=1S/C14H11ClN2O3/c1-8-4-2-5-9(14(19)20)12(8)17-13(18)10-6-3-7-11(15)16-10/h2-7H,1H3,(H,17,18)(H,19,20). The molecule has 20 heavy (non-hydrogen) atoms. The minimum atomic E-state index is -1.11. The molecule has 0 aliphatic carbocycles. The Kier molecular flexibility index (Phi) is 4.00. The predicted octanol–water partition coefficient (Wildman–Crippen LogP) is 2.99. The Bertz CT molecular complexity index is 686. The van der Waals surface area contributed by atoms with Crippen LogP contribution in [0.1, 0.15) is 26.4 Å². The van der Waals surface area contributed by atoms with Crippen molar-refractivity contribution in [3.05, 3.63) is 58.4 Å². The summed E-state index contributed by atoms with van der Waals surface area (Å²) in [5.41, 5.74) is 1.06. The van der Waals surface area contributed by atoms with E-state index in [4.69, 9.17) is 16.7 Å². The van der Waals surface area contributed by atoms with Gasteiger partial charge in [-0.15, -0.1) is 0 Å². The van der Waals surface area contributed by atoms with E-state index in [9.17, 15) is 9.59 Å². The highest BCUT2D eigenvalue weighted by molar-refractivity contribution is 6.29. The van der Waals surface area contributed by atoms with Crippen LogP contribution in [0.4, 0.5) is 5.69 Å². The van der Waals surface area contributed by atoms with E-state index in [-0.39, 0.29) is 22.1 Å². The lowest BCUT2D eigenvalue weighted by atomic mass is 10.1. The third-order valence-corrected chi connectivity index (χ3v) is 2.90. The molecule has 102 valence electrons. The molecule has 2 N–H and O–H groups in total. The Balaban J connectivity index is 2.35. The number of aryl methyl sites for hydroxylation is 1. The molecule has 0 bridgehead atoms. The van der Waals surface area contributed by atoms with Crippen LogP contribution in [0.2, 0.25) is 5.15 Å². The Morgan fingerprint density at radius 3 is 2.55 bits per heavy atom. The Labute approximate surface area is 120 Å². The number of rotatable bonds is 3. The molecular formula is C14H11ClN2O3. The SMILES string of the molecule is Cc1cccc(C(=O)O)c1NC(=O)c1cccc(Cl)n1. The number of nitrogens with one attached hydrogen (secondary N) is 1. The molecule has 0 radical (unpaired) electrons. The molecule has 0 atom stereocenters. The molecule has 1 aromatic carbocycles. The topological polar surface area (TPSA) is 79.3 Å². The normalized spacial score (nSPS) is 10.1. The maximum atomic E-state index is 12.1. The minimum Gasteiger partial charge on any atom is -0.478 e. The molecule has 1 amide bonds. The molecule has 1 aromatic heterocycles. The van der Waals surface area contributed by atoms with Crippen LogP contribution in [0.25, 0.3) is 0 Å². The lowest BCUT2D eigenvalue weighted by Crippen LogP contribution is -2.17. The number of aromatic nitrogens is 1. The summed E-state index contributed by atoms with van der Waals surface area (Å²) in [4.78, 5) is 27.1. The first kappa shape index (κ1) is 14.0. The van der Waals surface area contributed by atoms with Gasteiger partial charge < -0.3 is 10.4 Å². The number of halogens is 1. The molecule has 0 saturated heterocycles. The van der Waals surface area contributed by atoms with Crippen molar-refractivity contribution < 1.29 is 14.7 Å². The average Bonchev–Trinajstić information content (AvgIpc) is 2.40. The van der Waals surface area contributed by atoms with Gasteiger partial charge in [0.25, 0.3) is 5.91 Å². The lowest BCUT2D eigenvalue weighted by Gasteiger charge is -2.11. The molecule has 1 heterocycles. The number of hydrogen-bond acceptors (Lipinski definition) is 3. The highest BCUT2D eigenvalue weighted by Gasteiger charge is 2.16. The van der Waals surface area contributed by atoms with Crippen LogP contribution in [-0.2, 0) is 0 Å². The first-order valence-corrected chi connectivity index (χ1v) is 6.13. The van der Waals surface area contributed by atoms with Crippen molar-refractivity contribution in [3.63, 3.8) is 0 Å². The van der Waals surface area contributed by atoms with E-state index in [1.807, 2.05) is 0 Å². The average molecular weight is 291 g/mol. The second kappa shape index (κ2) is 5.71. The zero-order chi connectivity index (χ0) is 14.7. The van der Waals surface area contributed by atoms with E-state index < -0.39 is 11.9 Å². The smallest absolute Gasteiger partial charge is 0.337 e. The van der Waals surface area contributed by atoms with E-state index in [1.165, 1.54) is 12.1 Å². The van der Waals surface area contributed by atoms with Gasteiger partial charge in [0.1, 0.15) is 10.8 Å². The maximum Gasteiger partial charge on any atom is 0.337 e. The van der Waals surface area contributed by atoms with Crippen molar-refractivity contribution in [2.45, 2.75) is 6.92 Å². The summed E-state index contributed by atoms with van der Waals surface area (Å²) in [6.45, 7) is 1.72. The van der Waals surface area contributed by atoms with Gasteiger partial charge in [0.05, 0.1) is 11.3 Å². The molecule has 0 spiro atoms. The molecule has 0 fully saturated rings. The van der Waals surface area contributed by atoms with Crippen LogP contribution in [0.5, 0.6) is 0 Å². The number of carbonyl (C=O) groups excluding carboxylic acids is 1. The third-order valence-electron chi connectivity index (χ3n) is 2.69. The number of carboxylic acid groups (broad SMARTS) is 1. The molecule has 0 unspecified atom stereocenters. The quantitative estimate of drug-likeness (QED) is 0.852. The van der Waals surface area contributed by atoms with Gasteiger partial charge in [-0.1, -0.05) is 29.8 Å². The second-order valence-electron chi connectivity index (χ2n) is 4.10. The maximum absolute atomic E-state index is 12.1. The van der Waals surface area contributed by atoms with E-state index in [0.29, 0.717) is 5.56 Å². The van der Waals surface area contributed by atoms with Crippen molar-refractivity contribution in [2.75, 3.05) is 5.32 Å². The zero-order valence-electron chi connectivity index (χ0n) is 10.6. The van der Waals surface area contributed by atoms with E-state index in [0.717, 1.165) is 0 Å². The van der Waals surface area contributed by atoms with Gasteiger partial charge in [-0.2, -0.15) is 0 Å². The number of para-hydroxylation sites is 1. The summed E-state index contributed by atoms with van der Waals surface area (Å²) in [5, 5.41) is 11.9. The van der Waals surface area contributed by atoms with Gasteiger partial charge in [0, 0.05) is 0 Å². The van der Waals surface area contributed by atoms with Gasteiger partial charge in [0.15, 0.2) is 0 Å². The summed E-state index contributed by atoms with van der Waals surface area (Å²) >= 11 is 5.72. The number of aromatic carboxylic acids is 1. The van der Waals surface area contributed by atoms with Crippen LogP contribution in [0, 0.1) is 6.92 Å². The molecule has 0 saturated carbocycles. The van der Waals surface area contributed by atoms with E-state index >= 15 is 0 Å². The highest BCUT2D eigenvalue weighted by atomic mass is 35.5. The molecule has 2 rings (SSSR count). The molecule has 2 aromatic rings. The predicted molar refractivity (Wildman–Crippen MR) is 75.3 cm³/mol. The van der Waals surface area contributed by atoms with Crippen LogP contribution in [-0.4, -0.2) is 22.0 Å². The number of anilines is 1. The third kappa shape index (κ3) is 2.95. The van der Waals surface area contributed by atoms with Crippen LogP contribution >= 0.6 is 11.6 Å². The van der Waals surface area contributed by atoms with Gasteiger partial charge in [-0.25, -0.2) is 9.78 Å². The number of pyridine rings is 1. The summed E-state index contributed by atoms with van der Waals surface area (Å²) < 4.78 is 0. The van der Waals surface area contributed by atoms with Crippen molar-refractivity contribution >= 4 is 29.2 Å². The summed E-state index contributed by atoms with van der Waals surface area (Å²) in [7, 11) is 0. The molecule has 5 nitrogen and oxygen atoms in total. The molecule has 6 heteroatoms. The minimum absolute atomic E-state index is 0.0281. The van der Waals surface area contributed by atoms with E-state index in [1.54, 1.807) is 31.2 Å². The van der Waals surface area contributed by atoms with Crippen LogP contribution in [0.15, 0.2) is 36.4 Å². The van der Waals surface area contributed by atoms with Crippen molar-refractivity contribution in [3.8, 4) is 0 Å². The number of benzene rings is 1. The number of hydrogen-bond donors (Lipinski definition) is 2. The van der Waals surface area contributed by atoms with Gasteiger partial charge in [0.2, 0.25) is 0 Å². The lowest BCUT2D eigenvalue weighted by molar-refractivity contribution is 0.0698. The molecule has 0 aliphatic rings. The second-order valence-corrected chi connectivity index (χ2v) is 4.49. The molecule has 0 aliphatic heterocycles. The van der Waals surface area contributed by atoms with Crippen LogP contribution < -0.4 is 5.32 Å². The van der Waals surface area contributed by atoms with Gasteiger partial charge in [-0.05, 0) is 30.7 Å². The zero-order valence-corrected chi connectivity index (χ0v) is 11.3. The van der Waals surface area contributed by atoms with Crippen molar-refractivity contribution in [1.29, 1.82) is 0 Å².